The maximum atomic E-state index is 12.9. The molecule has 0 aliphatic carbocycles. The number of nitrogens with zero attached hydrogens (tertiary/aromatic N) is 2. The van der Waals surface area contributed by atoms with E-state index >= 15 is 0 Å². The molecule has 4 rings (SSSR count). The number of sulfonamides is 1. The lowest BCUT2D eigenvalue weighted by Gasteiger charge is -2.30. The van der Waals surface area contributed by atoms with Gasteiger partial charge in [0, 0.05) is 35.6 Å². The van der Waals surface area contributed by atoms with Crippen molar-refractivity contribution < 1.29 is 18.1 Å². The molecule has 0 atom stereocenters. The van der Waals surface area contributed by atoms with Crippen molar-refractivity contribution >= 4 is 33.0 Å². The average molecular weight is 452 g/mol. The number of carbonyl (C=O) groups excluding carboxylic acids is 1. The summed E-state index contributed by atoms with van der Waals surface area (Å²) in [6, 6.07) is 17.8. The second kappa shape index (κ2) is 8.43. The minimum Gasteiger partial charge on any atom is -0.308 e. The summed E-state index contributed by atoms with van der Waals surface area (Å²) >= 11 is 0. The lowest BCUT2D eigenvalue weighted by atomic mass is 10.00. The predicted molar refractivity (Wildman–Crippen MR) is 122 cm³/mol. The molecule has 0 bridgehead atoms. The first kappa shape index (κ1) is 21.5. The number of nitro groups is 1. The minimum atomic E-state index is -4.03. The van der Waals surface area contributed by atoms with Crippen LogP contribution in [0.25, 0.3) is 0 Å². The zero-order valence-electron chi connectivity index (χ0n) is 17.3. The summed E-state index contributed by atoms with van der Waals surface area (Å²) in [6.07, 6.45) is 1.46. The number of nitrogens with one attached hydrogen (secondary N) is 1. The Morgan fingerprint density at radius 1 is 1.06 bits per heavy atom. The number of benzene rings is 3. The van der Waals surface area contributed by atoms with E-state index < -0.39 is 14.9 Å². The van der Waals surface area contributed by atoms with Gasteiger partial charge >= 0.3 is 0 Å². The Balaban J connectivity index is 1.63. The molecule has 8 nitrogen and oxygen atoms in total. The molecule has 0 unspecified atom stereocenters. The fourth-order valence-electron chi connectivity index (χ4n) is 3.81. The van der Waals surface area contributed by atoms with Gasteiger partial charge in [0.05, 0.1) is 9.82 Å². The lowest BCUT2D eigenvalue weighted by molar-refractivity contribution is -0.385. The van der Waals surface area contributed by atoms with Crippen LogP contribution in [0.15, 0.2) is 71.6 Å². The number of hydrogen-bond donors (Lipinski definition) is 1. The highest BCUT2D eigenvalue weighted by molar-refractivity contribution is 7.92. The van der Waals surface area contributed by atoms with Gasteiger partial charge in [0.25, 0.3) is 21.6 Å². The molecule has 0 fully saturated rings. The first-order chi connectivity index (χ1) is 15.3. The van der Waals surface area contributed by atoms with Crippen molar-refractivity contribution in [2.75, 3.05) is 16.2 Å². The quantitative estimate of drug-likeness (QED) is 0.459. The van der Waals surface area contributed by atoms with Crippen LogP contribution in [0.2, 0.25) is 0 Å². The van der Waals surface area contributed by atoms with Gasteiger partial charge in [0.15, 0.2) is 0 Å². The average Bonchev–Trinajstić information content (AvgIpc) is 2.78. The van der Waals surface area contributed by atoms with Crippen molar-refractivity contribution in [2.24, 2.45) is 0 Å². The number of hydrogen-bond acceptors (Lipinski definition) is 5. The van der Waals surface area contributed by atoms with Crippen molar-refractivity contribution in [1.29, 1.82) is 0 Å². The molecule has 9 heteroatoms. The van der Waals surface area contributed by atoms with Crippen LogP contribution in [0.5, 0.6) is 0 Å². The lowest BCUT2D eigenvalue weighted by Crippen LogP contribution is -2.35. The van der Waals surface area contributed by atoms with Crippen molar-refractivity contribution in [3.05, 3.63) is 93.5 Å². The third-order valence-corrected chi connectivity index (χ3v) is 6.91. The van der Waals surface area contributed by atoms with Crippen LogP contribution in [0, 0.1) is 17.0 Å². The van der Waals surface area contributed by atoms with Crippen LogP contribution in [0.1, 0.15) is 27.9 Å². The summed E-state index contributed by atoms with van der Waals surface area (Å²) in [5.74, 6) is -0.105. The second-order valence-corrected chi connectivity index (χ2v) is 9.23. The summed E-state index contributed by atoms with van der Waals surface area (Å²) in [7, 11) is -4.03. The van der Waals surface area contributed by atoms with E-state index in [9.17, 15) is 23.3 Å². The summed E-state index contributed by atoms with van der Waals surface area (Å²) in [5, 5.41) is 11.1. The Morgan fingerprint density at radius 2 is 1.81 bits per heavy atom. The smallest absolute Gasteiger partial charge is 0.270 e. The van der Waals surface area contributed by atoms with Crippen molar-refractivity contribution in [2.45, 2.75) is 24.7 Å². The van der Waals surface area contributed by atoms with Crippen molar-refractivity contribution in [3.8, 4) is 0 Å². The van der Waals surface area contributed by atoms with Crippen LogP contribution in [0.3, 0.4) is 0 Å². The molecule has 1 heterocycles. The van der Waals surface area contributed by atoms with Gasteiger partial charge in [0.1, 0.15) is 0 Å². The number of amides is 1. The molecule has 0 radical (unpaired) electrons. The number of rotatable bonds is 5. The highest BCUT2D eigenvalue weighted by Gasteiger charge is 2.25. The molecule has 0 spiro atoms. The Kier molecular flexibility index (Phi) is 5.67. The van der Waals surface area contributed by atoms with Gasteiger partial charge < -0.3 is 4.90 Å². The molecule has 0 aromatic heterocycles. The van der Waals surface area contributed by atoms with E-state index in [0.29, 0.717) is 29.8 Å². The SMILES string of the molecule is Cc1ccc([N+](=O)[O-])cc1S(=O)(=O)Nc1ccc2c(c1)CCCN2C(=O)c1ccccc1. The first-order valence-electron chi connectivity index (χ1n) is 10.0. The van der Waals surface area contributed by atoms with E-state index in [0.717, 1.165) is 23.7 Å². The molecule has 3 aromatic carbocycles. The van der Waals surface area contributed by atoms with Gasteiger partial charge in [0.2, 0.25) is 0 Å². The maximum Gasteiger partial charge on any atom is 0.270 e. The summed E-state index contributed by atoms with van der Waals surface area (Å²) < 4.78 is 28.4. The molecule has 1 amide bonds. The molecule has 1 aliphatic heterocycles. The molecule has 164 valence electrons. The van der Waals surface area contributed by atoms with E-state index in [1.165, 1.54) is 12.1 Å². The van der Waals surface area contributed by atoms with Gasteiger partial charge in [-0.15, -0.1) is 0 Å². The van der Waals surface area contributed by atoms with E-state index in [-0.39, 0.29) is 16.5 Å². The fraction of sp³-hybridized carbons (Fsp3) is 0.174. The third-order valence-electron chi connectivity index (χ3n) is 5.39. The number of fused-ring (bicyclic) bond motifs is 1. The van der Waals surface area contributed by atoms with E-state index in [1.54, 1.807) is 42.2 Å². The van der Waals surface area contributed by atoms with E-state index in [1.807, 2.05) is 18.2 Å². The predicted octanol–water partition coefficient (Wildman–Crippen LogP) is 4.30. The largest absolute Gasteiger partial charge is 0.308 e. The molecule has 0 saturated carbocycles. The Hall–Kier alpha value is -3.72. The monoisotopic (exact) mass is 451 g/mol. The van der Waals surface area contributed by atoms with Gasteiger partial charge in [-0.25, -0.2) is 8.42 Å². The van der Waals surface area contributed by atoms with Crippen molar-refractivity contribution in [3.63, 3.8) is 0 Å². The van der Waals surface area contributed by atoms with Gasteiger partial charge in [-0.2, -0.15) is 0 Å². The second-order valence-electron chi connectivity index (χ2n) is 7.58. The molecule has 1 N–H and O–H groups in total. The molecule has 1 aliphatic rings. The van der Waals surface area contributed by atoms with Crippen LogP contribution in [-0.4, -0.2) is 25.8 Å². The summed E-state index contributed by atoms with van der Waals surface area (Å²) in [6.45, 7) is 2.16. The highest BCUT2D eigenvalue weighted by atomic mass is 32.2. The Labute approximate surface area is 185 Å². The van der Waals surface area contributed by atoms with E-state index in [2.05, 4.69) is 4.72 Å². The normalized spacial score (nSPS) is 13.3. The molecular formula is C23H21N3O5S. The molecule has 0 saturated heterocycles. The van der Waals surface area contributed by atoms with Crippen LogP contribution < -0.4 is 9.62 Å². The third kappa shape index (κ3) is 4.19. The topological polar surface area (TPSA) is 110 Å². The molecule has 3 aromatic rings. The zero-order valence-corrected chi connectivity index (χ0v) is 18.1. The van der Waals surface area contributed by atoms with Crippen LogP contribution in [0.4, 0.5) is 17.1 Å². The number of aryl methyl sites for hydroxylation is 2. The Morgan fingerprint density at radius 3 is 2.53 bits per heavy atom. The first-order valence-corrected chi connectivity index (χ1v) is 11.5. The highest BCUT2D eigenvalue weighted by Crippen LogP contribution is 2.32. The molecule has 32 heavy (non-hydrogen) atoms. The standard InChI is InChI=1S/C23H21N3O5S/c1-16-9-11-20(26(28)29)15-22(16)32(30,31)24-19-10-12-21-18(14-19)8-5-13-25(21)23(27)17-6-3-2-4-7-17/h2-4,6-7,9-12,14-15,24H,5,8,13H2,1H3. The summed E-state index contributed by atoms with van der Waals surface area (Å²) in [4.78, 5) is 24.9. The van der Waals surface area contributed by atoms with Crippen LogP contribution in [-0.2, 0) is 16.4 Å². The molecular weight excluding hydrogens is 430 g/mol. The zero-order chi connectivity index (χ0) is 22.9. The Bertz CT molecular complexity index is 1310. The van der Waals surface area contributed by atoms with Gasteiger partial charge in [-0.3, -0.25) is 19.6 Å². The number of nitro benzene ring substituents is 1. The number of carbonyl (C=O) groups is 1. The van der Waals surface area contributed by atoms with E-state index in [4.69, 9.17) is 0 Å². The van der Waals surface area contributed by atoms with Gasteiger partial charge in [-0.1, -0.05) is 24.3 Å². The number of non-ortho nitro benzene ring substituents is 1. The van der Waals surface area contributed by atoms with Gasteiger partial charge in [-0.05, 0) is 61.2 Å². The summed E-state index contributed by atoms with van der Waals surface area (Å²) in [5.41, 5.74) is 2.64. The fourth-order valence-corrected chi connectivity index (χ4v) is 5.13. The van der Waals surface area contributed by atoms with Crippen molar-refractivity contribution in [1.82, 2.24) is 0 Å². The minimum absolute atomic E-state index is 0.105. The maximum absolute atomic E-state index is 12.9. The number of anilines is 2. The van der Waals surface area contributed by atoms with Crippen LogP contribution >= 0.6 is 0 Å².